The molecule has 152 valence electrons. The van der Waals surface area contributed by atoms with Gasteiger partial charge in [-0.15, -0.1) is 0 Å². The third-order valence-electron chi connectivity index (χ3n) is 5.66. The average molecular weight is 413 g/mol. The highest BCUT2D eigenvalue weighted by molar-refractivity contribution is 7.89. The molecule has 4 rings (SSSR count). The molecule has 0 bridgehead atoms. The third kappa shape index (κ3) is 3.42. The number of sulfonamides is 1. The molecule has 0 unspecified atom stereocenters. The van der Waals surface area contributed by atoms with E-state index in [1.54, 1.807) is 17.9 Å². The van der Waals surface area contributed by atoms with Gasteiger partial charge in [0.25, 0.3) is 5.91 Å². The average Bonchev–Trinajstić information content (AvgIpc) is 3.35. The van der Waals surface area contributed by atoms with Crippen LogP contribution in [0, 0.1) is 13.8 Å². The van der Waals surface area contributed by atoms with Gasteiger partial charge in [-0.2, -0.15) is 0 Å². The van der Waals surface area contributed by atoms with Crippen LogP contribution < -0.4 is 4.72 Å². The molecule has 1 fully saturated rings. The summed E-state index contributed by atoms with van der Waals surface area (Å²) in [5.74, 6) is 0.590. The van der Waals surface area contributed by atoms with Gasteiger partial charge in [0.05, 0.1) is 22.0 Å². The van der Waals surface area contributed by atoms with Crippen LogP contribution in [-0.4, -0.2) is 42.8 Å². The van der Waals surface area contributed by atoms with Gasteiger partial charge in [0, 0.05) is 12.1 Å². The van der Waals surface area contributed by atoms with Crippen LogP contribution in [0.25, 0.3) is 11.0 Å². The van der Waals surface area contributed by atoms with E-state index in [9.17, 15) is 13.2 Å². The van der Waals surface area contributed by atoms with E-state index in [1.165, 1.54) is 13.1 Å². The number of rotatable bonds is 4. The number of hydrogen-bond acceptors (Lipinski definition) is 4. The Morgan fingerprint density at radius 2 is 2.00 bits per heavy atom. The lowest BCUT2D eigenvalue weighted by Gasteiger charge is -2.24. The van der Waals surface area contributed by atoms with Crippen molar-refractivity contribution in [2.45, 2.75) is 37.6 Å². The maximum atomic E-state index is 13.3. The summed E-state index contributed by atoms with van der Waals surface area (Å²) in [5.41, 5.74) is 3.60. The summed E-state index contributed by atoms with van der Waals surface area (Å²) in [4.78, 5) is 23.3. The number of fused-ring (bicyclic) bond motifs is 1. The van der Waals surface area contributed by atoms with Crippen LogP contribution in [0.5, 0.6) is 0 Å². The molecule has 0 radical (unpaired) electrons. The first-order valence-electron chi connectivity index (χ1n) is 9.62. The van der Waals surface area contributed by atoms with Crippen LogP contribution in [-0.2, 0) is 10.0 Å². The number of nitrogens with one attached hydrogen (secondary N) is 2. The molecule has 0 saturated carbocycles. The van der Waals surface area contributed by atoms with Crippen LogP contribution in [0.15, 0.2) is 41.3 Å². The van der Waals surface area contributed by atoms with E-state index in [-0.39, 0.29) is 16.8 Å². The van der Waals surface area contributed by atoms with Gasteiger partial charge in [-0.05, 0) is 69.1 Å². The van der Waals surface area contributed by atoms with E-state index >= 15 is 0 Å². The molecule has 7 nitrogen and oxygen atoms in total. The summed E-state index contributed by atoms with van der Waals surface area (Å²) in [7, 11) is -2.28. The number of aryl methyl sites for hydroxylation is 1. The standard InChI is InChI=1S/C21H24N4O3S/c1-13-11-15(12-19(14(13)2)29(27,28)22-3)21(26)25-10-6-9-18(25)20-23-16-7-4-5-8-17(16)24-20/h4-5,7-8,11-12,18,22H,6,9-10H2,1-3H3,(H,23,24)/t18-/m1/s1. The quantitative estimate of drug-likeness (QED) is 0.688. The largest absolute Gasteiger partial charge is 0.340 e. The predicted molar refractivity (Wildman–Crippen MR) is 111 cm³/mol. The number of carbonyl (C=O) groups is 1. The molecule has 1 atom stereocenters. The molecule has 1 amide bonds. The molecule has 1 aliphatic heterocycles. The molecule has 29 heavy (non-hydrogen) atoms. The lowest BCUT2D eigenvalue weighted by Crippen LogP contribution is -2.31. The van der Waals surface area contributed by atoms with Crippen LogP contribution >= 0.6 is 0 Å². The molecule has 1 aromatic heterocycles. The number of aromatic nitrogens is 2. The number of likely N-dealkylation sites (tertiary alicyclic amines) is 1. The van der Waals surface area contributed by atoms with Gasteiger partial charge >= 0.3 is 0 Å². The number of aromatic amines is 1. The second kappa shape index (κ2) is 7.27. The molecule has 8 heteroatoms. The minimum atomic E-state index is -3.65. The Bertz CT molecular complexity index is 1170. The zero-order chi connectivity index (χ0) is 20.8. The van der Waals surface area contributed by atoms with Crippen molar-refractivity contribution in [1.82, 2.24) is 19.6 Å². The van der Waals surface area contributed by atoms with E-state index in [0.717, 1.165) is 35.3 Å². The van der Waals surface area contributed by atoms with Gasteiger partial charge in [-0.3, -0.25) is 4.79 Å². The summed E-state index contributed by atoms with van der Waals surface area (Å²) in [5, 5.41) is 0. The summed E-state index contributed by atoms with van der Waals surface area (Å²) in [6, 6.07) is 10.9. The SMILES string of the molecule is CNS(=O)(=O)c1cc(C(=O)N2CCC[C@@H]2c2nc3ccccc3[nH]2)cc(C)c1C. The number of imidazole rings is 1. The van der Waals surface area contributed by atoms with Crippen LogP contribution in [0.2, 0.25) is 0 Å². The molecule has 2 aromatic carbocycles. The lowest BCUT2D eigenvalue weighted by atomic mass is 10.0. The van der Waals surface area contributed by atoms with E-state index in [4.69, 9.17) is 0 Å². The van der Waals surface area contributed by atoms with Crippen molar-refractivity contribution < 1.29 is 13.2 Å². The Labute approximate surface area is 170 Å². The lowest BCUT2D eigenvalue weighted by molar-refractivity contribution is 0.0730. The topological polar surface area (TPSA) is 95.2 Å². The highest BCUT2D eigenvalue weighted by Gasteiger charge is 2.33. The zero-order valence-electron chi connectivity index (χ0n) is 16.7. The van der Waals surface area contributed by atoms with E-state index in [2.05, 4.69) is 14.7 Å². The normalized spacial score (nSPS) is 17.2. The van der Waals surface area contributed by atoms with Gasteiger partial charge < -0.3 is 9.88 Å². The first kappa shape index (κ1) is 19.6. The second-order valence-electron chi connectivity index (χ2n) is 7.42. The fourth-order valence-electron chi connectivity index (χ4n) is 3.93. The first-order chi connectivity index (χ1) is 13.8. The van der Waals surface area contributed by atoms with Crippen LogP contribution in [0.1, 0.15) is 46.2 Å². The van der Waals surface area contributed by atoms with E-state index < -0.39 is 10.0 Å². The molecular formula is C21H24N4O3S. The zero-order valence-corrected chi connectivity index (χ0v) is 17.5. The van der Waals surface area contributed by atoms with Crippen molar-refractivity contribution >= 4 is 27.0 Å². The van der Waals surface area contributed by atoms with Gasteiger partial charge in [0.2, 0.25) is 10.0 Å². The number of carbonyl (C=O) groups excluding carboxylic acids is 1. The van der Waals surface area contributed by atoms with E-state index in [0.29, 0.717) is 17.7 Å². The molecule has 3 aromatic rings. The molecule has 0 aliphatic carbocycles. The Balaban J connectivity index is 1.72. The van der Waals surface area contributed by atoms with Crippen molar-refractivity contribution in [3.63, 3.8) is 0 Å². The van der Waals surface area contributed by atoms with Crippen molar-refractivity contribution in [3.8, 4) is 0 Å². The summed E-state index contributed by atoms with van der Waals surface area (Å²) in [6.07, 6.45) is 1.69. The van der Waals surface area contributed by atoms with Gasteiger partial charge in [-0.1, -0.05) is 12.1 Å². The number of amides is 1. The summed E-state index contributed by atoms with van der Waals surface area (Å²) >= 11 is 0. The van der Waals surface area contributed by atoms with Gasteiger partial charge in [0.15, 0.2) is 0 Å². The van der Waals surface area contributed by atoms with E-state index in [1.807, 2.05) is 31.2 Å². The second-order valence-corrected chi connectivity index (χ2v) is 9.27. The molecule has 1 aliphatic rings. The Kier molecular flexibility index (Phi) is 4.92. The molecular weight excluding hydrogens is 388 g/mol. The Morgan fingerprint density at radius 1 is 1.24 bits per heavy atom. The number of H-pyrrole nitrogens is 1. The predicted octanol–water partition coefficient (Wildman–Crippen LogP) is 3.07. The van der Waals surface area contributed by atoms with Crippen LogP contribution in [0.4, 0.5) is 0 Å². The minimum absolute atomic E-state index is 0.142. The smallest absolute Gasteiger partial charge is 0.254 e. The van der Waals surface area contributed by atoms with Crippen LogP contribution in [0.3, 0.4) is 0 Å². The fraction of sp³-hybridized carbons (Fsp3) is 0.333. The summed E-state index contributed by atoms with van der Waals surface area (Å²) in [6.45, 7) is 4.18. The van der Waals surface area contributed by atoms with Gasteiger partial charge in [0.1, 0.15) is 5.82 Å². The highest BCUT2D eigenvalue weighted by atomic mass is 32.2. The highest BCUT2D eigenvalue weighted by Crippen LogP contribution is 2.33. The summed E-state index contributed by atoms with van der Waals surface area (Å²) < 4.78 is 27.2. The molecule has 0 spiro atoms. The third-order valence-corrected chi connectivity index (χ3v) is 7.20. The maximum Gasteiger partial charge on any atom is 0.254 e. The molecule has 2 N–H and O–H groups in total. The van der Waals surface area contributed by atoms with Crippen molar-refractivity contribution in [2.24, 2.45) is 0 Å². The van der Waals surface area contributed by atoms with Crippen molar-refractivity contribution in [1.29, 1.82) is 0 Å². The first-order valence-corrected chi connectivity index (χ1v) is 11.1. The van der Waals surface area contributed by atoms with Crippen molar-refractivity contribution in [3.05, 3.63) is 58.9 Å². The molecule has 2 heterocycles. The number of hydrogen-bond donors (Lipinski definition) is 2. The van der Waals surface area contributed by atoms with Crippen molar-refractivity contribution in [2.75, 3.05) is 13.6 Å². The fourth-order valence-corrected chi connectivity index (χ4v) is 5.00. The van der Waals surface area contributed by atoms with Gasteiger partial charge in [-0.25, -0.2) is 18.1 Å². The Morgan fingerprint density at radius 3 is 2.72 bits per heavy atom. The number of para-hydroxylation sites is 2. The number of nitrogens with zero attached hydrogens (tertiary/aromatic N) is 2. The monoisotopic (exact) mass is 412 g/mol. The maximum absolute atomic E-state index is 13.3. The minimum Gasteiger partial charge on any atom is -0.340 e. The Hall–Kier alpha value is -2.71. The number of benzene rings is 2. The molecule has 1 saturated heterocycles.